The monoisotopic (exact) mass is 347 g/mol. The maximum absolute atomic E-state index is 12.7. The maximum Gasteiger partial charge on any atom is 0.383 e. The van der Waals surface area contributed by atoms with E-state index in [4.69, 9.17) is 11.6 Å². The second kappa shape index (κ2) is 5.44. The summed E-state index contributed by atoms with van der Waals surface area (Å²) in [4.78, 5) is 11.0. The molecule has 0 saturated carbocycles. The third-order valence-corrected chi connectivity index (χ3v) is 3.14. The van der Waals surface area contributed by atoms with E-state index in [1.807, 2.05) is 0 Å². The van der Waals surface area contributed by atoms with Crippen LogP contribution in [-0.4, -0.2) is 18.3 Å². The van der Waals surface area contributed by atoms with Gasteiger partial charge in [-0.25, -0.2) is 8.78 Å². The number of hydrogen-bond acceptors (Lipinski definition) is 1. The van der Waals surface area contributed by atoms with Crippen molar-refractivity contribution in [2.24, 2.45) is 0 Å². The van der Waals surface area contributed by atoms with Crippen LogP contribution in [-0.2, 0) is 4.79 Å². The molecule has 0 aliphatic rings. The first-order valence-electron chi connectivity index (χ1n) is 4.59. The number of carbonyl (C=O) groups is 1. The maximum atomic E-state index is 12.7. The Bertz CT molecular complexity index is 481. The summed E-state index contributed by atoms with van der Waals surface area (Å²) < 4.78 is 49.6. The van der Waals surface area contributed by atoms with Gasteiger partial charge in [0.25, 0.3) is 0 Å². The van der Waals surface area contributed by atoms with Crippen molar-refractivity contribution in [1.82, 2.24) is 0 Å². The zero-order chi connectivity index (χ0) is 14.1. The highest BCUT2D eigenvalue weighted by atomic mass is 79.9. The molecule has 1 N–H and O–H groups in total. The highest BCUT2D eigenvalue weighted by Crippen LogP contribution is 2.31. The molecule has 0 bridgehead atoms. The fourth-order valence-corrected chi connectivity index (χ4v) is 1.77. The average molecular weight is 349 g/mol. The van der Waals surface area contributed by atoms with Gasteiger partial charge in [-0.05, 0) is 40.5 Å². The number of halogens is 6. The van der Waals surface area contributed by atoms with E-state index in [9.17, 15) is 22.4 Å². The Kier molecular flexibility index (Phi) is 4.61. The van der Waals surface area contributed by atoms with E-state index in [2.05, 4.69) is 15.9 Å². The molecular formula is C10H7BrClF4NO. The molecule has 0 aromatic heterocycles. The number of nitrogens with one attached hydrogen (secondary N) is 1. The summed E-state index contributed by atoms with van der Waals surface area (Å²) in [6.45, 7) is 1.66. The molecule has 100 valence electrons. The molecule has 18 heavy (non-hydrogen) atoms. The third kappa shape index (κ3) is 3.14. The molecule has 1 aromatic rings. The molecule has 1 rings (SSSR count). The molecule has 8 heteroatoms. The minimum absolute atomic E-state index is 0.101. The predicted octanol–water partition coefficient (Wildman–Crippen LogP) is 4.25. The van der Waals surface area contributed by atoms with Crippen molar-refractivity contribution in [3.63, 3.8) is 0 Å². The molecule has 0 radical (unpaired) electrons. The molecule has 0 spiro atoms. The molecule has 0 unspecified atom stereocenters. The van der Waals surface area contributed by atoms with Crippen LogP contribution in [0.3, 0.4) is 0 Å². The quantitative estimate of drug-likeness (QED) is 0.813. The van der Waals surface area contributed by atoms with Crippen molar-refractivity contribution in [1.29, 1.82) is 0 Å². The number of amides is 1. The van der Waals surface area contributed by atoms with E-state index in [0.717, 1.165) is 0 Å². The van der Waals surface area contributed by atoms with Crippen molar-refractivity contribution in [2.45, 2.75) is 19.3 Å². The number of aryl methyl sites for hydroxylation is 1. The van der Waals surface area contributed by atoms with Gasteiger partial charge in [0.15, 0.2) is 0 Å². The Labute approximate surface area is 113 Å². The molecule has 2 nitrogen and oxygen atoms in total. The Morgan fingerprint density at radius 1 is 1.44 bits per heavy atom. The van der Waals surface area contributed by atoms with Crippen molar-refractivity contribution in [2.75, 3.05) is 5.32 Å². The van der Waals surface area contributed by atoms with E-state index in [-0.39, 0.29) is 15.2 Å². The summed E-state index contributed by atoms with van der Waals surface area (Å²) in [5.41, 5.74) is 0.540. The number of hydrogen-bond donors (Lipinski definition) is 1. The highest BCUT2D eigenvalue weighted by molar-refractivity contribution is 9.10. The zero-order valence-electron chi connectivity index (χ0n) is 8.91. The summed E-state index contributed by atoms with van der Waals surface area (Å²) in [5.74, 6) is -6.84. The molecule has 0 heterocycles. The van der Waals surface area contributed by atoms with E-state index in [1.165, 1.54) is 12.1 Å². The molecule has 0 saturated heterocycles. The van der Waals surface area contributed by atoms with Crippen molar-refractivity contribution in [3.8, 4) is 0 Å². The Hall–Kier alpha value is -0.820. The smallest absolute Gasteiger partial charge is 0.320 e. The lowest BCUT2D eigenvalue weighted by Gasteiger charge is -2.16. The molecule has 0 aliphatic carbocycles. The Morgan fingerprint density at radius 3 is 2.50 bits per heavy atom. The van der Waals surface area contributed by atoms with Gasteiger partial charge in [-0.3, -0.25) is 4.79 Å². The van der Waals surface area contributed by atoms with Crippen LogP contribution in [0.15, 0.2) is 16.6 Å². The SMILES string of the molecule is Cc1cc(Br)c(NC(=O)C(F)(F)C(F)F)cc1Cl. The van der Waals surface area contributed by atoms with E-state index >= 15 is 0 Å². The Morgan fingerprint density at radius 2 is 2.00 bits per heavy atom. The third-order valence-electron chi connectivity index (χ3n) is 2.07. The second-order valence-corrected chi connectivity index (χ2v) is 4.72. The van der Waals surface area contributed by atoms with Gasteiger partial charge >= 0.3 is 18.3 Å². The lowest BCUT2D eigenvalue weighted by Crippen LogP contribution is -2.41. The summed E-state index contributed by atoms with van der Waals surface area (Å²) in [5, 5.41) is 1.92. The van der Waals surface area contributed by atoms with Gasteiger partial charge in [0.05, 0.1) is 5.69 Å². The van der Waals surface area contributed by atoms with Crippen LogP contribution in [0.4, 0.5) is 23.2 Å². The van der Waals surface area contributed by atoms with Crippen LogP contribution in [0.5, 0.6) is 0 Å². The van der Waals surface area contributed by atoms with Crippen LogP contribution in [0.2, 0.25) is 5.02 Å². The van der Waals surface area contributed by atoms with Gasteiger partial charge < -0.3 is 5.32 Å². The van der Waals surface area contributed by atoms with Gasteiger partial charge in [-0.2, -0.15) is 8.78 Å². The van der Waals surface area contributed by atoms with Crippen LogP contribution in [0.25, 0.3) is 0 Å². The second-order valence-electron chi connectivity index (χ2n) is 3.46. The van der Waals surface area contributed by atoms with Crippen LogP contribution < -0.4 is 5.32 Å². The number of rotatable bonds is 3. The highest BCUT2D eigenvalue weighted by Gasteiger charge is 2.49. The zero-order valence-corrected chi connectivity index (χ0v) is 11.3. The summed E-state index contributed by atoms with van der Waals surface area (Å²) in [7, 11) is 0. The lowest BCUT2D eigenvalue weighted by atomic mass is 10.2. The van der Waals surface area contributed by atoms with Gasteiger partial charge in [0, 0.05) is 9.50 Å². The van der Waals surface area contributed by atoms with Gasteiger partial charge in [0.1, 0.15) is 0 Å². The van der Waals surface area contributed by atoms with E-state index in [1.54, 1.807) is 12.2 Å². The Balaban J connectivity index is 2.99. The van der Waals surface area contributed by atoms with Gasteiger partial charge in [-0.1, -0.05) is 11.6 Å². The summed E-state index contributed by atoms with van der Waals surface area (Å²) >= 11 is 8.75. The van der Waals surface area contributed by atoms with Crippen molar-refractivity contribution < 1.29 is 22.4 Å². The van der Waals surface area contributed by atoms with Gasteiger partial charge in [-0.15, -0.1) is 0 Å². The number of carbonyl (C=O) groups excluding carboxylic acids is 1. The molecule has 1 aromatic carbocycles. The fourth-order valence-electron chi connectivity index (χ4n) is 1.05. The minimum atomic E-state index is -4.75. The lowest BCUT2D eigenvalue weighted by molar-refractivity contribution is -0.163. The van der Waals surface area contributed by atoms with Gasteiger partial charge in [0.2, 0.25) is 0 Å². The van der Waals surface area contributed by atoms with Crippen molar-refractivity contribution >= 4 is 39.1 Å². The molecule has 0 atom stereocenters. The summed E-state index contributed by atoms with van der Waals surface area (Å²) in [6.07, 6.45) is -4.07. The predicted molar refractivity (Wildman–Crippen MR) is 63.5 cm³/mol. The first-order valence-corrected chi connectivity index (χ1v) is 5.76. The van der Waals surface area contributed by atoms with E-state index < -0.39 is 18.3 Å². The molecule has 0 fully saturated rings. The van der Waals surface area contributed by atoms with Crippen LogP contribution in [0, 0.1) is 6.92 Å². The topological polar surface area (TPSA) is 29.1 Å². The number of alkyl halides is 4. The standard InChI is InChI=1S/C10H7BrClF4NO/c1-4-2-5(11)7(3-6(4)12)17-9(18)10(15,16)8(13)14/h2-3,8H,1H3,(H,17,18). The van der Waals surface area contributed by atoms with Crippen molar-refractivity contribution in [3.05, 3.63) is 27.2 Å². The fraction of sp³-hybridized carbons (Fsp3) is 0.300. The number of anilines is 1. The van der Waals surface area contributed by atoms with E-state index in [0.29, 0.717) is 5.56 Å². The molecule has 0 aliphatic heterocycles. The van der Waals surface area contributed by atoms with Crippen LogP contribution in [0.1, 0.15) is 5.56 Å². The first-order chi connectivity index (χ1) is 8.16. The number of benzene rings is 1. The van der Waals surface area contributed by atoms with Crippen LogP contribution >= 0.6 is 27.5 Å². The molecular weight excluding hydrogens is 341 g/mol. The summed E-state index contributed by atoms with van der Waals surface area (Å²) in [6, 6.07) is 2.67. The normalized spacial score (nSPS) is 11.8. The largest absolute Gasteiger partial charge is 0.383 e. The average Bonchev–Trinajstić information content (AvgIpc) is 2.25. The minimum Gasteiger partial charge on any atom is -0.320 e. The first kappa shape index (κ1) is 15.2. The molecule has 1 amide bonds.